The fraction of sp³-hybridized carbons (Fsp3) is 0.667. The Morgan fingerprint density at radius 1 is 1.07 bits per heavy atom. The lowest BCUT2D eigenvalue weighted by atomic mass is 9.82. The molecule has 8 nitrogen and oxygen atoms in total. The average molecular weight is 408 g/mol. The summed E-state index contributed by atoms with van der Waals surface area (Å²) in [7, 11) is 0. The molecule has 29 heavy (non-hydrogen) atoms. The molecule has 0 aromatic carbocycles. The molecule has 0 amide bonds. The van der Waals surface area contributed by atoms with Gasteiger partial charge in [0.05, 0.1) is 12.7 Å². The lowest BCUT2D eigenvalue weighted by Gasteiger charge is -2.40. The van der Waals surface area contributed by atoms with Crippen LogP contribution in [-0.4, -0.2) is 75.9 Å². The molecule has 0 bridgehead atoms. The van der Waals surface area contributed by atoms with Crippen LogP contribution in [0, 0.1) is 17.8 Å². The predicted octanol–water partition coefficient (Wildman–Crippen LogP) is -0.188. The highest BCUT2D eigenvalue weighted by atomic mass is 16.7. The van der Waals surface area contributed by atoms with Crippen molar-refractivity contribution in [2.75, 3.05) is 6.61 Å². The summed E-state index contributed by atoms with van der Waals surface area (Å²) in [6.07, 6.45) is -5.57. The molecule has 0 aromatic heterocycles. The van der Waals surface area contributed by atoms with Gasteiger partial charge in [0.15, 0.2) is 6.29 Å². The summed E-state index contributed by atoms with van der Waals surface area (Å²) in [5, 5.41) is 39.6. The van der Waals surface area contributed by atoms with Gasteiger partial charge in [-0.05, 0) is 30.8 Å². The zero-order valence-electron chi connectivity index (χ0n) is 16.1. The summed E-state index contributed by atoms with van der Waals surface area (Å²) >= 11 is 0. The van der Waals surface area contributed by atoms with Gasteiger partial charge in [-0.2, -0.15) is 0 Å². The molecule has 10 atom stereocenters. The molecule has 160 valence electrons. The first-order valence-electron chi connectivity index (χ1n) is 9.96. The Morgan fingerprint density at radius 3 is 2.48 bits per heavy atom. The van der Waals surface area contributed by atoms with E-state index in [9.17, 15) is 25.2 Å². The van der Waals surface area contributed by atoms with E-state index < -0.39 is 43.4 Å². The Hall–Kier alpha value is -1.55. The molecule has 2 aliphatic heterocycles. The summed E-state index contributed by atoms with van der Waals surface area (Å²) in [4.78, 5) is 12.1. The number of rotatable bonds is 3. The highest BCUT2D eigenvalue weighted by Gasteiger charge is 2.54. The SMILES string of the molecule is C=C1[C@@H]2[C@@H]3OC(=O)C(=C)[C@@H]3CCC(=C)[C@@H]2C[C@@H]1O[C@@H]1O[C@H](CO)[C@@H](O)[C@H](O)[C@H]1O. The van der Waals surface area contributed by atoms with E-state index >= 15 is 0 Å². The van der Waals surface area contributed by atoms with Crippen LogP contribution in [0.3, 0.4) is 0 Å². The number of carbonyl (C=O) groups excluding carboxylic acids is 1. The molecule has 4 fully saturated rings. The number of fused-ring (bicyclic) bond motifs is 3. The van der Waals surface area contributed by atoms with Crippen molar-refractivity contribution >= 4 is 5.97 Å². The van der Waals surface area contributed by atoms with Crippen molar-refractivity contribution in [1.82, 2.24) is 0 Å². The minimum Gasteiger partial charge on any atom is -0.458 e. The van der Waals surface area contributed by atoms with E-state index in [1.807, 2.05) is 0 Å². The molecular weight excluding hydrogens is 380 g/mol. The maximum absolute atomic E-state index is 12.1. The van der Waals surface area contributed by atoms with Crippen molar-refractivity contribution in [2.24, 2.45) is 17.8 Å². The Morgan fingerprint density at radius 2 is 1.79 bits per heavy atom. The lowest BCUT2D eigenvalue weighted by molar-refractivity contribution is -0.308. The van der Waals surface area contributed by atoms with E-state index in [2.05, 4.69) is 19.7 Å². The molecule has 2 aliphatic carbocycles. The number of carbonyl (C=O) groups is 1. The molecule has 0 spiro atoms. The zero-order chi connectivity index (χ0) is 21.0. The largest absolute Gasteiger partial charge is 0.458 e. The number of esters is 1. The molecule has 4 N–H and O–H groups in total. The summed E-state index contributed by atoms with van der Waals surface area (Å²) in [5.74, 6) is -0.631. The van der Waals surface area contributed by atoms with Crippen LogP contribution in [0.4, 0.5) is 0 Å². The topological polar surface area (TPSA) is 126 Å². The fourth-order valence-electron chi connectivity index (χ4n) is 5.17. The van der Waals surface area contributed by atoms with Gasteiger partial charge in [-0.1, -0.05) is 25.3 Å². The van der Waals surface area contributed by atoms with Gasteiger partial charge in [-0.15, -0.1) is 0 Å². The van der Waals surface area contributed by atoms with Gasteiger partial charge in [0.2, 0.25) is 0 Å². The van der Waals surface area contributed by atoms with Gasteiger partial charge >= 0.3 is 5.97 Å². The molecule has 0 radical (unpaired) electrons. The van der Waals surface area contributed by atoms with Crippen LogP contribution in [0.1, 0.15) is 19.3 Å². The van der Waals surface area contributed by atoms with Crippen molar-refractivity contribution in [3.05, 3.63) is 36.5 Å². The van der Waals surface area contributed by atoms with Crippen LogP contribution >= 0.6 is 0 Å². The van der Waals surface area contributed by atoms with Gasteiger partial charge < -0.3 is 34.6 Å². The Labute approximate surface area is 169 Å². The second-order valence-electron chi connectivity index (χ2n) is 8.46. The molecule has 4 rings (SSSR count). The lowest BCUT2D eigenvalue weighted by Crippen LogP contribution is -2.59. The van der Waals surface area contributed by atoms with Crippen molar-refractivity contribution in [1.29, 1.82) is 0 Å². The Bertz CT molecular complexity index is 730. The molecule has 0 unspecified atom stereocenters. The van der Waals surface area contributed by atoms with Crippen molar-refractivity contribution in [2.45, 2.75) is 62.2 Å². The molecular formula is C21H28O8. The standard InChI is InChI=1S/C21H28O8/c1-8-4-5-11-9(2)20(26)29-19(11)15-10(3)13(6-12(8)15)27-21-18(25)17(24)16(23)14(7-22)28-21/h11-19,21-25H,1-7H2/t11-,12-,13-,14+,15-,16+,17-,18+,19+,21+/m0/s1. The van der Waals surface area contributed by atoms with E-state index in [0.29, 0.717) is 17.6 Å². The third-order valence-electron chi connectivity index (χ3n) is 6.89. The first-order valence-corrected chi connectivity index (χ1v) is 9.96. The number of aliphatic hydroxyl groups excluding tert-OH is 4. The third-order valence-corrected chi connectivity index (χ3v) is 6.89. The Kier molecular flexibility index (Phi) is 5.43. The van der Waals surface area contributed by atoms with Crippen LogP contribution in [0.2, 0.25) is 0 Å². The van der Waals surface area contributed by atoms with Gasteiger partial charge in [0.25, 0.3) is 0 Å². The summed E-state index contributed by atoms with van der Waals surface area (Å²) < 4.78 is 17.1. The quantitative estimate of drug-likeness (QED) is 0.288. The van der Waals surface area contributed by atoms with Crippen LogP contribution in [-0.2, 0) is 19.0 Å². The number of allylic oxidation sites excluding steroid dienone is 1. The van der Waals surface area contributed by atoms with E-state index in [-0.39, 0.29) is 29.8 Å². The predicted molar refractivity (Wildman–Crippen MR) is 100 cm³/mol. The number of hydrogen-bond donors (Lipinski definition) is 4. The van der Waals surface area contributed by atoms with Crippen LogP contribution in [0.5, 0.6) is 0 Å². The maximum atomic E-state index is 12.1. The second kappa shape index (κ2) is 7.61. The molecule has 2 saturated heterocycles. The fourth-order valence-corrected chi connectivity index (χ4v) is 5.17. The van der Waals surface area contributed by atoms with Crippen molar-refractivity contribution in [3.63, 3.8) is 0 Å². The summed E-state index contributed by atoms with van der Waals surface area (Å²) in [6, 6.07) is 0. The van der Waals surface area contributed by atoms with E-state index in [1.54, 1.807) is 0 Å². The van der Waals surface area contributed by atoms with Crippen molar-refractivity contribution < 1.29 is 39.4 Å². The number of hydrogen-bond acceptors (Lipinski definition) is 8. The molecule has 4 aliphatic rings. The first kappa shape index (κ1) is 20.7. The third kappa shape index (κ3) is 3.28. The molecule has 0 aromatic rings. The normalized spacial score (nSPS) is 47.6. The second-order valence-corrected chi connectivity index (χ2v) is 8.46. The maximum Gasteiger partial charge on any atom is 0.334 e. The minimum atomic E-state index is -1.51. The van der Waals surface area contributed by atoms with Gasteiger partial charge in [-0.25, -0.2) is 4.79 Å². The van der Waals surface area contributed by atoms with Gasteiger partial charge in [-0.3, -0.25) is 0 Å². The first-order chi connectivity index (χ1) is 13.7. The molecule has 2 saturated carbocycles. The number of aliphatic hydroxyl groups is 4. The highest BCUT2D eigenvalue weighted by Crippen LogP contribution is 2.53. The van der Waals surface area contributed by atoms with Gasteiger partial charge in [0, 0.05) is 17.4 Å². The molecule has 2 heterocycles. The zero-order valence-corrected chi connectivity index (χ0v) is 16.1. The van der Waals surface area contributed by atoms with E-state index in [1.165, 1.54) is 0 Å². The van der Waals surface area contributed by atoms with Crippen LogP contribution < -0.4 is 0 Å². The number of ether oxygens (including phenoxy) is 3. The highest BCUT2D eigenvalue weighted by molar-refractivity contribution is 5.91. The minimum absolute atomic E-state index is 0.00564. The monoisotopic (exact) mass is 408 g/mol. The van der Waals surface area contributed by atoms with Crippen molar-refractivity contribution in [3.8, 4) is 0 Å². The smallest absolute Gasteiger partial charge is 0.334 e. The summed E-state index contributed by atoms with van der Waals surface area (Å²) in [5.41, 5.74) is 2.23. The van der Waals surface area contributed by atoms with Gasteiger partial charge in [0.1, 0.15) is 30.5 Å². The Balaban J connectivity index is 1.54. The van der Waals surface area contributed by atoms with Crippen LogP contribution in [0.15, 0.2) is 36.5 Å². The summed E-state index contributed by atoms with van der Waals surface area (Å²) in [6.45, 7) is 11.8. The molecule has 8 heteroatoms. The van der Waals surface area contributed by atoms with Crippen LogP contribution in [0.25, 0.3) is 0 Å². The van der Waals surface area contributed by atoms with E-state index in [4.69, 9.17) is 14.2 Å². The van der Waals surface area contributed by atoms with E-state index in [0.717, 1.165) is 18.4 Å². The average Bonchev–Trinajstić information content (AvgIpc) is 3.11.